The van der Waals surface area contributed by atoms with Crippen molar-refractivity contribution in [2.24, 2.45) is 0 Å². The number of carbonyl (C=O) groups is 1. The van der Waals surface area contributed by atoms with Crippen LogP contribution >= 0.6 is 0 Å². The van der Waals surface area contributed by atoms with Crippen LogP contribution in [-0.2, 0) is 6.18 Å². The molecule has 1 aromatic carbocycles. The number of benzene rings is 1. The molecule has 0 unspecified atom stereocenters. The SMILES string of the molecule is CCCCCCCCOc1ccc(-c2noc([C@@H]3C[C@@H](O)CN3C(=O)O)n2)cc1C(F)(F)F. The summed E-state index contributed by atoms with van der Waals surface area (Å²) < 4.78 is 51.5. The van der Waals surface area contributed by atoms with Gasteiger partial charge in [-0.1, -0.05) is 44.2 Å². The average Bonchev–Trinajstić information content (AvgIpc) is 3.39. The summed E-state index contributed by atoms with van der Waals surface area (Å²) in [5.74, 6) is -0.454. The second-order valence-electron chi connectivity index (χ2n) is 8.12. The van der Waals surface area contributed by atoms with Crippen molar-refractivity contribution in [2.75, 3.05) is 13.2 Å². The molecule has 1 aromatic heterocycles. The van der Waals surface area contributed by atoms with Crippen molar-refractivity contribution in [3.05, 3.63) is 29.7 Å². The Morgan fingerprint density at radius 1 is 1.24 bits per heavy atom. The maximum absolute atomic E-state index is 13.6. The van der Waals surface area contributed by atoms with Crippen LogP contribution in [0.4, 0.5) is 18.0 Å². The second kappa shape index (κ2) is 10.9. The lowest BCUT2D eigenvalue weighted by atomic mass is 10.1. The number of aliphatic hydroxyl groups is 1. The number of rotatable bonds is 10. The fourth-order valence-electron chi connectivity index (χ4n) is 3.83. The third kappa shape index (κ3) is 6.37. The van der Waals surface area contributed by atoms with E-state index in [1.807, 2.05) is 0 Å². The zero-order valence-electron chi connectivity index (χ0n) is 18.3. The Hall–Kier alpha value is -2.82. The van der Waals surface area contributed by atoms with Gasteiger partial charge < -0.3 is 19.5 Å². The average molecular weight is 471 g/mol. The quantitative estimate of drug-likeness (QED) is 0.454. The summed E-state index contributed by atoms with van der Waals surface area (Å²) in [6.07, 6.45) is -0.757. The molecule has 11 heteroatoms. The number of likely N-dealkylation sites (tertiary alicyclic amines) is 1. The van der Waals surface area contributed by atoms with Gasteiger partial charge in [0, 0.05) is 12.0 Å². The van der Waals surface area contributed by atoms with Crippen molar-refractivity contribution in [2.45, 2.75) is 70.2 Å². The molecule has 1 amide bonds. The van der Waals surface area contributed by atoms with Crippen LogP contribution in [0.3, 0.4) is 0 Å². The first kappa shape index (κ1) is 24.8. The van der Waals surface area contributed by atoms with Crippen molar-refractivity contribution in [1.29, 1.82) is 0 Å². The zero-order chi connectivity index (χ0) is 24.0. The van der Waals surface area contributed by atoms with Crippen LogP contribution in [0.1, 0.15) is 69.4 Å². The number of amides is 1. The molecular weight excluding hydrogens is 443 g/mol. The van der Waals surface area contributed by atoms with Crippen LogP contribution in [0.15, 0.2) is 22.7 Å². The Morgan fingerprint density at radius 2 is 1.97 bits per heavy atom. The molecule has 1 aliphatic heterocycles. The largest absolute Gasteiger partial charge is 0.493 e. The molecule has 0 spiro atoms. The first-order chi connectivity index (χ1) is 15.7. The van der Waals surface area contributed by atoms with E-state index in [-0.39, 0.29) is 42.6 Å². The molecule has 8 nitrogen and oxygen atoms in total. The number of carboxylic acid groups (broad SMARTS) is 1. The topological polar surface area (TPSA) is 109 Å². The highest BCUT2D eigenvalue weighted by molar-refractivity contribution is 5.66. The molecule has 0 saturated carbocycles. The summed E-state index contributed by atoms with van der Waals surface area (Å²) in [5, 5.41) is 22.8. The first-order valence-corrected chi connectivity index (χ1v) is 11.1. The Kier molecular flexibility index (Phi) is 8.17. The maximum atomic E-state index is 13.6. The number of aromatic nitrogens is 2. The molecule has 1 saturated heterocycles. The van der Waals surface area contributed by atoms with Crippen LogP contribution in [-0.4, -0.2) is 50.6 Å². The molecule has 33 heavy (non-hydrogen) atoms. The van der Waals surface area contributed by atoms with E-state index in [1.54, 1.807) is 0 Å². The lowest BCUT2D eigenvalue weighted by molar-refractivity contribution is -0.138. The van der Waals surface area contributed by atoms with Gasteiger partial charge in [-0.2, -0.15) is 18.2 Å². The highest BCUT2D eigenvalue weighted by Gasteiger charge is 2.39. The molecule has 1 aliphatic rings. The van der Waals surface area contributed by atoms with Crippen LogP contribution in [0.2, 0.25) is 0 Å². The number of unbranched alkanes of at least 4 members (excludes halogenated alkanes) is 5. The molecule has 0 radical (unpaired) electrons. The van der Waals surface area contributed by atoms with Crippen molar-refractivity contribution in [3.8, 4) is 17.1 Å². The predicted octanol–water partition coefficient (Wildman–Crippen LogP) is 5.28. The molecule has 2 aromatic rings. The second-order valence-corrected chi connectivity index (χ2v) is 8.12. The van der Waals surface area contributed by atoms with E-state index >= 15 is 0 Å². The Morgan fingerprint density at radius 3 is 2.67 bits per heavy atom. The highest BCUT2D eigenvalue weighted by atomic mass is 19.4. The van der Waals surface area contributed by atoms with Gasteiger partial charge >= 0.3 is 12.3 Å². The summed E-state index contributed by atoms with van der Waals surface area (Å²) in [5.41, 5.74) is -0.884. The fraction of sp³-hybridized carbons (Fsp3) is 0.591. The number of β-amino-alcohol motifs (C(OH)–C–C–N with tert-alkyl or cyclic N) is 1. The summed E-state index contributed by atoms with van der Waals surface area (Å²) in [7, 11) is 0. The zero-order valence-corrected chi connectivity index (χ0v) is 18.3. The summed E-state index contributed by atoms with van der Waals surface area (Å²) in [4.78, 5) is 16.4. The van der Waals surface area contributed by atoms with Gasteiger partial charge in [-0.15, -0.1) is 0 Å². The molecule has 2 atom stereocenters. The van der Waals surface area contributed by atoms with Crippen LogP contribution < -0.4 is 4.74 Å². The number of ether oxygens (including phenoxy) is 1. The number of hydrogen-bond donors (Lipinski definition) is 2. The van der Waals surface area contributed by atoms with Gasteiger partial charge in [-0.05, 0) is 24.6 Å². The van der Waals surface area contributed by atoms with Crippen LogP contribution in [0.25, 0.3) is 11.4 Å². The molecule has 3 rings (SSSR count). The number of halogens is 3. The minimum Gasteiger partial charge on any atom is -0.493 e. The Balaban J connectivity index is 1.72. The van der Waals surface area contributed by atoms with Gasteiger partial charge in [0.1, 0.15) is 11.8 Å². The number of alkyl halides is 3. The van der Waals surface area contributed by atoms with Gasteiger partial charge in [-0.25, -0.2) is 4.79 Å². The number of nitrogens with zero attached hydrogens (tertiary/aromatic N) is 3. The monoisotopic (exact) mass is 471 g/mol. The van der Waals surface area contributed by atoms with Gasteiger partial charge in [0.05, 0.1) is 24.8 Å². The lowest BCUT2D eigenvalue weighted by Gasteiger charge is -2.17. The molecule has 182 valence electrons. The fourth-order valence-corrected chi connectivity index (χ4v) is 3.83. The molecular formula is C22H28F3N3O5. The van der Waals surface area contributed by atoms with Crippen LogP contribution in [0, 0.1) is 0 Å². The van der Waals surface area contributed by atoms with E-state index < -0.39 is 30.0 Å². The van der Waals surface area contributed by atoms with E-state index in [1.165, 1.54) is 12.1 Å². The van der Waals surface area contributed by atoms with Crippen molar-refractivity contribution in [3.63, 3.8) is 0 Å². The highest BCUT2D eigenvalue weighted by Crippen LogP contribution is 2.39. The third-order valence-electron chi connectivity index (χ3n) is 5.55. The molecule has 1 fully saturated rings. The molecule has 2 heterocycles. The minimum atomic E-state index is -4.64. The standard InChI is InChI=1S/C22H28F3N3O5/c1-2-3-4-5-6-7-10-32-18-9-8-14(11-16(18)22(23,24)25)19-26-20(33-27-19)17-12-15(29)13-28(17)21(30)31/h8-9,11,15,17,29H,2-7,10,12-13H2,1H3,(H,30,31)/t15-,17+/m1/s1. The van der Waals surface area contributed by atoms with Gasteiger partial charge in [0.25, 0.3) is 0 Å². The molecule has 2 N–H and O–H groups in total. The number of aliphatic hydroxyl groups excluding tert-OH is 1. The minimum absolute atomic E-state index is 0.0599. The van der Waals surface area contributed by atoms with E-state index in [9.17, 15) is 28.2 Å². The predicted molar refractivity (Wildman–Crippen MR) is 112 cm³/mol. The number of hydrogen-bond acceptors (Lipinski definition) is 6. The van der Waals surface area contributed by atoms with Crippen molar-refractivity contribution in [1.82, 2.24) is 15.0 Å². The van der Waals surface area contributed by atoms with Gasteiger partial charge in [-0.3, -0.25) is 4.90 Å². The maximum Gasteiger partial charge on any atom is 0.419 e. The Bertz CT molecular complexity index is 934. The van der Waals surface area contributed by atoms with Crippen LogP contribution in [0.5, 0.6) is 5.75 Å². The molecule has 0 aliphatic carbocycles. The van der Waals surface area contributed by atoms with E-state index in [0.29, 0.717) is 6.42 Å². The van der Waals surface area contributed by atoms with E-state index in [2.05, 4.69) is 17.1 Å². The molecule has 0 bridgehead atoms. The van der Waals surface area contributed by atoms with E-state index in [0.717, 1.165) is 43.1 Å². The van der Waals surface area contributed by atoms with Crippen molar-refractivity contribution >= 4 is 6.09 Å². The summed E-state index contributed by atoms with van der Waals surface area (Å²) >= 11 is 0. The summed E-state index contributed by atoms with van der Waals surface area (Å²) in [6.45, 7) is 2.20. The van der Waals surface area contributed by atoms with Gasteiger partial charge in [0.2, 0.25) is 11.7 Å². The summed E-state index contributed by atoms with van der Waals surface area (Å²) in [6, 6.07) is 2.66. The normalized spacial score (nSPS) is 18.6. The van der Waals surface area contributed by atoms with Crippen molar-refractivity contribution < 1.29 is 37.4 Å². The smallest absolute Gasteiger partial charge is 0.419 e. The lowest BCUT2D eigenvalue weighted by Crippen LogP contribution is -2.30. The van der Waals surface area contributed by atoms with Gasteiger partial charge in [0.15, 0.2) is 0 Å². The Labute approximate surface area is 189 Å². The van der Waals surface area contributed by atoms with E-state index in [4.69, 9.17) is 9.26 Å². The third-order valence-corrected chi connectivity index (χ3v) is 5.55. The first-order valence-electron chi connectivity index (χ1n) is 11.1.